The number of rotatable bonds is 4. The van der Waals surface area contributed by atoms with Crippen LogP contribution in [0.5, 0.6) is 11.5 Å². The Morgan fingerprint density at radius 1 is 1.35 bits per heavy atom. The van der Waals surface area contributed by atoms with Crippen molar-refractivity contribution in [2.24, 2.45) is 0 Å². The molecule has 0 spiro atoms. The van der Waals surface area contributed by atoms with E-state index in [1.165, 1.54) is 0 Å². The van der Waals surface area contributed by atoms with Crippen molar-refractivity contribution >= 4 is 5.91 Å². The first-order chi connectivity index (χ1) is 9.78. The molecule has 1 saturated heterocycles. The van der Waals surface area contributed by atoms with Gasteiger partial charge in [0.2, 0.25) is 12.7 Å². The van der Waals surface area contributed by atoms with Crippen LogP contribution in [0.3, 0.4) is 0 Å². The summed E-state index contributed by atoms with van der Waals surface area (Å²) in [5.74, 6) is 1.76. The van der Waals surface area contributed by atoms with E-state index >= 15 is 0 Å². The van der Waals surface area contributed by atoms with E-state index in [9.17, 15) is 4.79 Å². The van der Waals surface area contributed by atoms with Crippen molar-refractivity contribution in [2.45, 2.75) is 32.4 Å². The molecule has 1 aromatic rings. The van der Waals surface area contributed by atoms with Crippen LogP contribution in [0.1, 0.15) is 25.3 Å². The highest BCUT2D eigenvalue weighted by molar-refractivity contribution is 5.82. The van der Waals surface area contributed by atoms with E-state index in [1.54, 1.807) is 0 Å². The largest absolute Gasteiger partial charge is 0.454 e. The lowest BCUT2D eigenvalue weighted by Crippen LogP contribution is -2.50. The van der Waals surface area contributed by atoms with Crippen LogP contribution in [-0.2, 0) is 11.3 Å². The molecule has 0 bridgehead atoms. The van der Waals surface area contributed by atoms with E-state index in [2.05, 4.69) is 5.32 Å². The Hall–Kier alpha value is -1.75. The molecule has 1 unspecified atom stereocenters. The smallest absolute Gasteiger partial charge is 0.240 e. The minimum absolute atomic E-state index is 0.0252. The zero-order chi connectivity index (χ0) is 13.9. The third-order valence-electron chi connectivity index (χ3n) is 3.79. The molecule has 5 nitrogen and oxygen atoms in total. The number of piperidine rings is 1. The predicted octanol–water partition coefficient (Wildman–Crippen LogP) is 1.52. The molecule has 108 valence electrons. The van der Waals surface area contributed by atoms with E-state index in [4.69, 9.17) is 9.47 Å². The molecule has 1 N–H and O–H groups in total. The maximum Gasteiger partial charge on any atom is 0.240 e. The lowest BCUT2D eigenvalue weighted by Gasteiger charge is -2.32. The van der Waals surface area contributed by atoms with Crippen molar-refractivity contribution in [3.8, 4) is 11.5 Å². The van der Waals surface area contributed by atoms with Gasteiger partial charge in [0.15, 0.2) is 11.5 Å². The number of hydrogen-bond acceptors (Lipinski definition) is 4. The van der Waals surface area contributed by atoms with Crippen LogP contribution in [0, 0.1) is 0 Å². The molecular weight excluding hydrogens is 256 g/mol. The summed E-state index contributed by atoms with van der Waals surface area (Å²) < 4.78 is 10.7. The van der Waals surface area contributed by atoms with Gasteiger partial charge in [-0.1, -0.05) is 13.0 Å². The van der Waals surface area contributed by atoms with Crippen molar-refractivity contribution in [1.82, 2.24) is 10.2 Å². The fourth-order valence-electron chi connectivity index (χ4n) is 2.79. The van der Waals surface area contributed by atoms with Gasteiger partial charge in [-0.3, -0.25) is 4.79 Å². The Labute approximate surface area is 118 Å². The normalized spacial score (nSPS) is 21.4. The van der Waals surface area contributed by atoms with Gasteiger partial charge in [-0.2, -0.15) is 0 Å². The number of ether oxygens (including phenoxy) is 2. The highest BCUT2D eigenvalue weighted by Gasteiger charge is 2.28. The maximum absolute atomic E-state index is 12.4. The molecule has 1 aromatic carbocycles. The van der Waals surface area contributed by atoms with Gasteiger partial charge in [0, 0.05) is 13.1 Å². The second-order valence-corrected chi connectivity index (χ2v) is 5.20. The first kappa shape index (κ1) is 13.2. The van der Waals surface area contributed by atoms with Crippen LogP contribution in [0.4, 0.5) is 0 Å². The SMILES string of the molecule is CCNC1CCCN(Cc2ccc3c(c2)OCO3)C1=O. The molecule has 0 radical (unpaired) electrons. The fraction of sp³-hybridized carbons (Fsp3) is 0.533. The van der Waals surface area contributed by atoms with Gasteiger partial charge in [-0.25, -0.2) is 0 Å². The Kier molecular flexibility index (Phi) is 3.78. The van der Waals surface area contributed by atoms with E-state index in [0.29, 0.717) is 6.54 Å². The summed E-state index contributed by atoms with van der Waals surface area (Å²) in [6.45, 7) is 4.61. The summed E-state index contributed by atoms with van der Waals surface area (Å²) in [5.41, 5.74) is 1.08. The first-order valence-electron chi connectivity index (χ1n) is 7.18. The number of benzene rings is 1. The standard InChI is InChI=1S/C15H20N2O3/c1-2-16-12-4-3-7-17(15(12)18)9-11-5-6-13-14(8-11)20-10-19-13/h5-6,8,12,16H,2-4,7,9-10H2,1H3. The van der Waals surface area contributed by atoms with Crippen LogP contribution in [-0.4, -0.2) is 36.7 Å². The molecule has 2 aliphatic rings. The van der Waals surface area contributed by atoms with Crippen molar-refractivity contribution in [2.75, 3.05) is 19.9 Å². The molecule has 3 rings (SSSR count). The highest BCUT2D eigenvalue weighted by Crippen LogP contribution is 2.33. The van der Waals surface area contributed by atoms with Crippen LogP contribution in [0.25, 0.3) is 0 Å². The van der Waals surface area contributed by atoms with Crippen molar-refractivity contribution < 1.29 is 14.3 Å². The summed E-state index contributed by atoms with van der Waals surface area (Å²) >= 11 is 0. The maximum atomic E-state index is 12.4. The van der Waals surface area contributed by atoms with Gasteiger partial charge in [-0.05, 0) is 37.1 Å². The van der Waals surface area contributed by atoms with Crippen molar-refractivity contribution in [3.05, 3.63) is 23.8 Å². The molecule has 20 heavy (non-hydrogen) atoms. The minimum atomic E-state index is -0.0252. The third-order valence-corrected chi connectivity index (χ3v) is 3.79. The lowest BCUT2D eigenvalue weighted by molar-refractivity contribution is -0.136. The number of amides is 1. The van der Waals surface area contributed by atoms with Gasteiger partial charge in [-0.15, -0.1) is 0 Å². The second kappa shape index (κ2) is 5.71. The number of fused-ring (bicyclic) bond motifs is 1. The average molecular weight is 276 g/mol. The third kappa shape index (κ3) is 2.58. The molecular formula is C15H20N2O3. The Morgan fingerprint density at radius 2 is 2.20 bits per heavy atom. The Balaban J connectivity index is 1.69. The Morgan fingerprint density at radius 3 is 3.05 bits per heavy atom. The highest BCUT2D eigenvalue weighted by atomic mass is 16.7. The summed E-state index contributed by atoms with van der Waals surface area (Å²) in [6.07, 6.45) is 1.98. The number of carbonyl (C=O) groups excluding carboxylic acids is 1. The van der Waals surface area contributed by atoms with Crippen LogP contribution in [0.2, 0.25) is 0 Å². The number of nitrogens with one attached hydrogen (secondary N) is 1. The number of carbonyl (C=O) groups is 1. The van der Waals surface area contributed by atoms with Crippen molar-refractivity contribution in [1.29, 1.82) is 0 Å². The second-order valence-electron chi connectivity index (χ2n) is 5.20. The van der Waals surface area contributed by atoms with Gasteiger partial charge < -0.3 is 19.7 Å². The van der Waals surface area contributed by atoms with Crippen LogP contribution < -0.4 is 14.8 Å². The zero-order valence-corrected chi connectivity index (χ0v) is 11.7. The number of likely N-dealkylation sites (tertiary alicyclic amines) is 1. The van der Waals surface area contributed by atoms with Crippen molar-refractivity contribution in [3.63, 3.8) is 0 Å². The average Bonchev–Trinajstić information content (AvgIpc) is 2.91. The predicted molar refractivity (Wildman–Crippen MR) is 74.7 cm³/mol. The molecule has 1 fully saturated rings. The van der Waals surface area contributed by atoms with E-state index in [1.807, 2.05) is 30.0 Å². The topological polar surface area (TPSA) is 50.8 Å². The molecule has 0 aliphatic carbocycles. The molecule has 2 heterocycles. The summed E-state index contributed by atoms with van der Waals surface area (Å²) in [4.78, 5) is 14.3. The molecule has 0 aromatic heterocycles. The van der Waals surface area contributed by atoms with Gasteiger partial charge >= 0.3 is 0 Å². The molecule has 5 heteroatoms. The fourth-order valence-corrected chi connectivity index (χ4v) is 2.79. The monoisotopic (exact) mass is 276 g/mol. The van der Waals surface area contributed by atoms with E-state index < -0.39 is 0 Å². The van der Waals surface area contributed by atoms with Crippen LogP contribution in [0.15, 0.2) is 18.2 Å². The summed E-state index contributed by atoms with van der Waals surface area (Å²) in [7, 11) is 0. The van der Waals surface area contributed by atoms with Gasteiger partial charge in [0.1, 0.15) is 0 Å². The number of nitrogens with zero attached hydrogens (tertiary/aromatic N) is 1. The minimum Gasteiger partial charge on any atom is -0.454 e. The van der Waals surface area contributed by atoms with E-state index in [-0.39, 0.29) is 18.7 Å². The molecule has 1 atom stereocenters. The van der Waals surface area contributed by atoms with Crippen LogP contribution >= 0.6 is 0 Å². The quantitative estimate of drug-likeness (QED) is 0.906. The molecule has 0 saturated carbocycles. The molecule has 2 aliphatic heterocycles. The summed E-state index contributed by atoms with van der Waals surface area (Å²) in [6, 6.07) is 5.85. The summed E-state index contributed by atoms with van der Waals surface area (Å²) in [5, 5.41) is 3.26. The van der Waals surface area contributed by atoms with Gasteiger partial charge in [0.05, 0.1) is 6.04 Å². The van der Waals surface area contributed by atoms with Gasteiger partial charge in [0.25, 0.3) is 0 Å². The zero-order valence-electron chi connectivity index (χ0n) is 11.7. The number of hydrogen-bond donors (Lipinski definition) is 1. The van der Waals surface area contributed by atoms with E-state index in [0.717, 1.165) is 43.0 Å². The lowest BCUT2D eigenvalue weighted by atomic mass is 10.0. The Bertz CT molecular complexity index is 502. The first-order valence-corrected chi connectivity index (χ1v) is 7.18. The molecule has 1 amide bonds. The number of likely N-dealkylation sites (N-methyl/N-ethyl adjacent to an activating group) is 1.